The number of para-hydroxylation sites is 1. The number of aromatic nitrogens is 1. The zero-order valence-corrected chi connectivity index (χ0v) is 32.3. The lowest BCUT2D eigenvalue weighted by molar-refractivity contribution is 0.564. The highest BCUT2D eigenvalue weighted by molar-refractivity contribution is 6.17. The maximum absolute atomic E-state index is 2.64. The van der Waals surface area contributed by atoms with E-state index in [0.29, 0.717) is 0 Å². The lowest BCUT2D eigenvalue weighted by atomic mass is 9.80. The third-order valence-electron chi connectivity index (χ3n) is 12.6. The minimum atomic E-state index is -0.626. The topological polar surface area (TPSA) is 8.17 Å². The Morgan fingerprint density at radius 1 is 0.339 bits per heavy atom. The fraction of sp³-hybridized carbons (Fsp3) is 0.0175. The van der Waals surface area contributed by atoms with E-state index in [-0.39, 0.29) is 0 Å². The van der Waals surface area contributed by atoms with E-state index in [2.05, 4.69) is 240 Å². The number of nitrogens with zero attached hydrogens (tertiary/aromatic N) is 2. The number of hydrogen-bond donors (Lipinski definition) is 0. The molecule has 0 saturated carbocycles. The third kappa shape index (κ3) is 4.87. The Balaban J connectivity index is 1.17. The zero-order chi connectivity index (χ0) is 38.9. The van der Waals surface area contributed by atoms with Gasteiger partial charge in [0.25, 0.3) is 0 Å². The molecule has 0 spiro atoms. The standard InChI is InChI=1S/C57H38N2/c1-2-21-42(22-3-1)57(50-29-11-8-25-47(50)48-26-9-12-30-51(48)57)59-53-31-13-10-27-49(53)56-54(33-16-34-55(56)59)58(52-32-15-20-40-18-5-7-24-46(40)52)43-37-35-41(36-38-43)45-28-14-19-39-17-4-6-23-44(39)45/h1-38H. The molecule has 12 rings (SSSR count). The lowest BCUT2D eigenvalue weighted by Gasteiger charge is -2.36. The van der Waals surface area contributed by atoms with Crippen molar-refractivity contribution in [3.05, 3.63) is 247 Å². The summed E-state index contributed by atoms with van der Waals surface area (Å²) in [5, 5.41) is 7.34. The van der Waals surface area contributed by atoms with Crippen LogP contribution in [0.3, 0.4) is 0 Å². The van der Waals surface area contributed by atoms with Gasteiger partial charge in [0.05, 0.1) is 22.4 Å². The number of fused-ring (bicyclic) bond motifs is 8. The van der Waals surface area contributed by atoms with Crippen LogP contribution >= 0.6 is 0 Å². The summed E-state index contributed by atoms with van der Waals surface area (Å²) in [6.45, 7) is 0. The van der Waals surface area contributed by atoms with E-state index in [9.17, 15) is 0 Å². The molecule has 1 aliphatic carbocycles. The van der Waals surface area contributed by atoms with Crippen LogP contribution in [-0.4, -0.2) is 4.57 Å². The molecule has 0 atom stereocenters. The van der Waals surface area contributed by atoms with Crippen LogP contribution in [0.4, 0.5) is 17.1 Å². The minimum Gasteiger partial charge on any atom is -0.322 e. The molecule has 1 aliphatic rings. The van der Waals surface area contributed by atoms with Crippen LogP contribution in [0, 0.1) is 0 Å². The summed E-state index contributed by atoms with van der Waals surface area (Å²) >= 11 is 0. The largest absolute Gasteiger partial charge is 0.322 e. The van der Waals surface area contributed by atoms with Gasteiger partial charge in [-0.1, -0.05) is 194 Å². The molecular formula is C57H38N2. The van der Waals surface area contributed by atoms with E-state index in [0.717, 1.165) is 17.1 Å². The van der Waals surface area contributed by atoms with Crippen LogP contribution in [0.5, 0.6) is 0 Å². The highest BCUT2D eigenvalue weighted by atomic mass is 15.2. The van der Waals surface area contributed by atoms with Crippen molar-refractivity contribution >= 4 is 60.4 Å². The first-order valence-electron chi connectivity index (χ1n) is 20.4. The van der Waals surface area contributed by atoms with Crippen LogP contribution in [0.2, 0.25) is 0 Å². The Bertz CT molecular complexity index is 3340. The van der Waals surface area contributed by atoms with Gasteiger partial charge in [-0.2, -0.15) is 0 Å². The van der Waals surface area contributed by atoms with Crippen molar-refractivity contribution in [2.75, 3.05) is 4.90 Å². The zero-order valence-electron chi connectivity index (χ0n) is 32.3. The summed E-state index contributed by atoms with van der Waals surface area (Å²) in [6, 6.07) is 84.9. The molecule has 276 valence electrons. The van der Waals surface area contributed by atoms with Gasteiger partial charge in [-0.05, 0) is 91.5 Å². The first-order chi connectivity index (χ1) is 29.3. The molecule has 0 amide bonds. The Kier molecular flexibility index (Phi) is 7.48. The first kappa shape index (κ1) is 33.5. The quantitative estimate of drug-likeness (QED) is 0.164. The van der Waals surface area contributed by atoms with Crippen LogP contribution in [0.15, 0.2) is 231 Å². The Morgan fingerprint density at radius 2 is 0.847 bits per heavy atom. The van der Waals surface area contributed by atoms with E-state index < -0.39 is 5.54 Å². The van der Waals surface area contributed by atoms with E-state index in [1.54, 1.807) is 0 Å². The number of benzene rings is 10. The molecule has 0 unspecified atom stereocenters. The Hall–Kier alpha value is -7.68. The predicted octanol–water partition coefficient (Wildman–Crippen LogP) is 15.1. The van der Waals surface area contributed by atoms with E-state index in [4.69, 9.17) is 0 Å². The molecule has 0 bridgehead atoms. The molecule has 1 aromatic heterocycles. The normalized spacial score (nSPS) is 12.9. The smallest absolute Gasteiger partial charge is 0.122 e. The van der Waals surface area contributed by atoms with Crippen molar-refractivity contribution in [3.8, 4) is 22.3 Å². The van der Waals surface area contributed by atoms with Crippen LogP contribution in [-0.2, 0) is 5.54 Å². The second-order valence-electron chi connectivity index (χ2n) is 15.6. The minimum absolute atomic E-state index is 0.626. The van der Waals surface area contributed by atoms with Crippen LogP contribution < -0.4 is 4.90 Å². The molecule has 2 nitrogen and oxygen atoms in total. The maximum Gasteiger partial charge on any atom is 0.122 e. The highest BCUT2D eigenvalue weighted by Crippen LogP contribution is 2.56. The molecule has 59 heavy (non-hydrogen) atoms. The lowest BCUT2D eigenvalue weighted by Crippen LogP contribution is -2.35. The van der Waals surface area contributed by atoms with Gasteiger partial charge in [-0.3, -0.25) is 0 Å². The summed E-state index contributed by atoms with van der Waals surface area (Å²) in [6.07, 6.45) is 0. The van der Waals surface area contributed by atoms with Gasteiger partial charge in [0, 0.05) is 21.8 Å². The summed E-state index contributed by atoms with van der Waals surface area (Å²) in [7, 11) is 0. The van der Waals surface area contributed by atoms with Gasteiger partial charge in [0.15, 0.2) is 0 Å². The third-order valence-corrected chi connectivity index (χ3v) is 12.6. The molecule has 0 radical (unpaired) electrons. The molecule has 11 aromatic rings. The van der Waals surface area contributed by atoms with E-state index in [1.807, 2.05) is 0 Å². The molecule has 1 heterocycles. The second kappa shape index (κ2) is 13.2. The summed E-state index contributed by atoms with van der Waals surface area (Å²) in [5.41, 5.74) is 13.9. The van der Waals surface area contributed by atoms with Gasteiger partial charge < -0.3 is 9.47 Å². The Morgan fingerprint density at radius 3 is 1.59 bits per heavy atom. The monoisotopic (exact) mass is 750 g/mol. The van der Waals surface area contributed by atoms with Gasteiger partial charge in [0.2, 0.25) is 0 Å². The van der Waals surface area contributed by atoms with Gasteiger partial charge in [-0.25, -0.2) is 0 Å². The fourth-order valence-electron chi connectivity index (χ4n) is 10.2. The van der Waals surface area contributed by atoms with Gasteiger partial charge in [-0.15, -0.1) is 0 Å². The average Bonchev–Trinajstić information content (AvgIpc) is 3.81. The van der Waals surface area contributed by atoms with E-state index in [1.165, 1.54) is 82.3 Å². The number of hydrogen-bond acceptors (Lipinski definition) is 1. The summed E-state index contributed by atoms with van der Waals surface area (Å²) < 4.78 is 2.64. The van der Waals surface area contributed by atoms with E-state index >= 15 is 0 Å². The maximum atomic E-state index is 2.64. The molecule has 0 N–H and O–H groups in total. The SMILES string of the molecule is c1ccc(C2(n3c4ccccc4c4c(N(c5ccc(-c6cccc7ccccc67)cc5)c5cccc6ccccc56)cccc43)c3ccccc3-c3ccccc32)cc1. The molecule has 0 aliphatic heterocycles. The average molecular weight is 751 g/mol. The van der Waals surface area contributed by atoms with Crippen molar-refractivity contribution in [2.24, 2.45) is 0 Å². The van der Waals surface area contributed by atoms with Crippen LogP contribution in [0.25, 0.3) is 65.6 Å². The molecule has 10 aromatic carbocycles. The predicted molar refractivity (Wildman–Crippen MR) is 248 cm³/mol. The number of rotatable bonds is 6. The first-order valence-corrected chi connectivity index (χ1v) is 20.4. The van der Waals surface area contributed by atoms with Crippen LogP contribution in [0.1, 0.15) is 16.7 Å². The summed E-state index contributed by atoms with van der Waals surface area (Å²) in [5.74, 6) is 0. The van der Waals surface area contributed by atoms with Crippen molar-refractivity contribution in [1.82, 2.24) is 4.57 Å². The molecule has 2 heteroatoms. The molecule has 0 fully saturated rings. The molecular weight excluding hydrogens is 713 g/mol. The van der Waals surface area contributed by atoms with Gasteiger partial charge >= 0.3 is 0 Å². The van der Waals surface area contributed by atoms with Crippen molar-refractivity contribution < 1.29 is 0 Å². The second-order valence-corrected chi connectivity index (χ2v) is 15.6. The summed E-state index contributed by atoms with van der Waals surface area (Å²) in [4.78, 5) is 2.49. The highest BCUT2D eigenvalue weighted by Gasteiger charge is 2.47. The molecule has 0 saturated heterocycles. The van der Waals surface area contributed by atoms with Crippen molar-refractivity contribution in [3.63, 3.8) is 0 Å². The van der Waals surface area contributed by atoms with Crippen molar-refractivity contribution in [1.29, 1.82) is 0 Å². The fourth-order valence-corrected chi connectivity index (χ4v) is 10.2. The van der Waals surface area contributed by atoms with Gasteiger partial charge in [0.1, 0.15) is 5.54 Å². The Labute approximate surface area is 343 Å². The van der Waals surface area contributed by atoms with Crippen molar-refractivity contribution in [2.45, 2.75) is 5.54 Å². The number of anilines is 3.